The van der Waals surface area contributed by atoms with E-state index in [0.29, 0.717) is 5.41 Å². The van der Waals surface area contributed by atoms with Crippen molar-refractivity contribution in [2.45, 2.75) is 39.7 Å². The first-order chi connectivity index (χ1) is 6.92. The number of nitrogens with two attached hydrogens (primary N) is 1. The van der Waals surface area contributed by atoms with Gasteiger partial charge in [0, 0.05) is 24.8 Å². The van der Waals surface area contributed by atoms with Crippen LogP contribution in [0, 0.1) is 5.41 Å². The molecular formula is C11H22N4. The smallest absolute Gasteiger partial charge is 0.0538 e. The van der Waals surface area contributed by atoms with Gasteiger partial charge in [-0.25, -0.2) is 0 Å². The second-order valence-electron chi connectivity index (χ2n) is 5.27. The van der Waals surface area contributed by atoms with Crippen molar-refractivity contribution in [3.8, 4) is 0 Å². The molecule has 0 bridgehead atoms. The molecule has 0 spiro atoms. The molecule has 1 heterocycles. The highest BCUT2D eigenvalue weighted by Gasteiger charge is 2.16. The van der Waals surface area contributed by atoms with E-state index in [0.717, 1.165) is 18.4 Å². The average molecular weight is 210 g/mol. The summed E-state index contributed by atoms with van der Waals surface area (Å²) < 4.78 is 1.80. The molecule has 15 heavy (non-hydrogen) atoms. The zero-order valence-corrected chi connectivity index (χ0v) is 10.1. The van der Waals surface area contributed by atoms with Crippen LogP contribution in [0.4, 0.5) is 0 Å². The highest BCUT2D eigenvalue weighted by atomic mass is 15.3. The Labute approximate surface area is 91.8 Å². The van der Waals surface area contributed by atoms with E-state index < -0.39 is 0 Å². The van der Waals surface area contributed by atoms with Crippen LogP contribution >= 0.6 is 0 Å². The minimum atomic E-state index is 0.206. The summed E-state index contributed by atoms with van der Waals surface area (Å²) in [7, 11) is 1.92. The Morgan fingerprint density at radius 3 is 2.60 bits per heavy atom. The number of aromatic nitrogens is 2. The molecule has 4 heteroatoms. The molecule has 86 valence electrons. The third-order valence-electron chi connectivity index (χ3n) is 2.51. The van der Waals surface area contributed by atoms with Crippen LogP contribution in [0.25, 0.3) is 0 Å². The first-order valence-electron chi connectivity index (χ1n) is 5.37. The summed E-state index contributed by atoms with van der Waals surface area (Å²) in [6.45, 7) is 6.72. The van der Waals surface area contributed by atoms with Gasteiger partial charge < -0.3 is 0 Å². The Bertz CT molecular complexity index is 298. The zero-order chi connectivity index (χ0) is 11.5. The lowest BCUT2D eigenvalue weighted by molar-refractivity contribution is 0.333. The summed E-state index contributed by atoms with van der Waals surface area (Å²) in [6.07, 6.45) is 6.04. The third kappa shape index (κ3) is 4.01. The number of hydrazine groups is 1. The normalized spacial score (nSPS) is 14.2. The molecule has 4 nitrogen and oxygen atoms in total. The molecule has 1 aromatic rings. The predicted octanol–water partition coefficient (Wildman–Crippen LogP) is 1.75. The number of nitrogens with zero attached hydrogens (tertiary/aromatic N) is 2. The molecule has 3 N–H and O–H groups in total. The molecular weight excluding hydrogens is 188 g/mol. The van der Waals surface area contributed by atoms with Crippen molar-refractivity contribution in [3.05, 3.63) is 18.0 Å². The van der Waals surface area contributed by atoms with Gasteiger partial charge in [-0.15, -0.1) is 0 Å². The first kappa shape index (κ1) is 12.2. The van der Waals surface area contributed by atoms with Crippen molar-refractivity contribution in [1.82, 2.24) is 15.2 Å². The molecule has 0 fully saturated rings. The van der Waals surface area contributed by atoms with E-state index in [9.17, 15) is 0 Å². The van der Waals surface area contributed by atoms with Gasteiger partial charge in [-0.3, -0.25) is 16.0 Å². The van der Waals surface area contributed by atoms with Crippen molar-refractivity contribution in [2.75, 3.05) is 0 Å². The van der Waals surface area contributed by atoms with Crippen LogP contribution in [0.2, 0.25) is 0 Å². The summed E-state index contributed by atoms with van der Waals surface area (Å²) in [6, 6.07) is 0.206. The molecule has 0 aliphatic heterocycles. The highest BCUT2D eigenvalue weighted by molar-refractivity contribution is 5.09. The van der Waals surface area contributed by atoms with Gasteiger partial charge in [-0.2, -0.15) is 5.10 Å². The lowest BCUT2D eigenvalue weighted by Gasteiger charge is -2.22. The Morgan fingerprint density at radius 2 is 2.20 bits per heavy atom. The molecule has 0 amide bonds. The maximum atomic E-state index is 5.56. The van der Waals surface area contributed by atoms with Crippen molar-refractivity contribution in [2.24, 2.45) is 18.3 Å². The van der Waals surface area contributed by atoms with Gasteiger partial charge in [-0.1, -0.05) is 20.8 Å². The van der Waals surface area contributed by atoms with Crippen LogP contribution in [0.5, 0.6) is 0 Å². The first-order valence-corrected chi connectivity index (χ1v) is 5.37. The fourth-order valence-electron chi connectivity index (χ4n) is 1.54. The van der Waals surface area contributed by atoms with Crippen LogP contribution in [-0.2, 0) is 7.05 Å². The van der Waals surface area contributed by atoms with E-state index in [4.69, 9.17) is 5.84 Å². The zero-order valence-electron chi connectivity index (χ0n) is 10.1. The fourth-order valence-corrected chi connectivity index (χ4v) is 1.54. The van der Waals surface area contributed by atoms with E-state index >= 15 is 0 Å². The summed E-state index contributed by atoms with van der Waals surface area (Å²) >= 11 is 0. The van der Waals surface area contributed by atoms with Crippen molar-refractivity contribution < 1.29 is 0 Å². The molecule has 1 atom stereocenters. The summed E-state index contributed by atoms with van der Waals surface area (Å²) in [5, 5.41) is 4.15. The second kappa shape index (κ2) is 4.77. The van der Waals surface area contributed by atoms with E-state index in [1.54, 1.807) is 4.68 Å². The number of hydrogen-bond donors (Lipinski definition) is 2. The molecule has 1 rings (SSSR count). The van der Waals surface area contributed by atoms with Gasteiger partial charge in [0.1, 0.15) is 0 Å². The molecule has 0 aliphatic carbocycles. The highest BCUT2D eigenvalue weighted by Crippen LogP contribution is 2.26. The Kier molecular flexibility index (Phi) is 3.88. The summed E-state index contributed by atoms with van der Waals surface area (Å²) in [5.41, 5.74) is 4.35. The Balaban J connectivity index is 2.57. The monoisotopic (exact) mass is 210 g/mol. The van der Waals surface area contributed by atoms with Crippen molar-refractivity contribution in [3.63, 3.8) is 0 Å². The number of aryl methyl sites for hydroxylation is 1. The molecule has 0 saturated heterocycles. The number of hydrogen-bond acceptors (Lipinski definition) is 3. The quantitative estimate of drug-likeness (QED) is 0.588. The largest absolute Gasteiger partial charge is 0.275 e. The van der Waals surface area contributed by atoms with E-state index in [1.807, 2.05) is 19.4 Å². The standard InChI is InChI=1S/C11H22N4/c1-11(2,3)6-5-10(14-12)9-7-13-15(4)8-9/h7-8,10,14H,5-6,12H2,1-4H3. The molecule has 0 aromatic carbocycles. The molecule has 0 saturated carbocycles. The maximum Gasteiger partial charge on any atom is 0.0538 e. The molecule has 0 radical (unpaired) electrons. The van der Waals surface area contributed by atoms with Gasteiger partial charge >= 0.3 is 0 Å². The van der Waals surface area contributed by atoms with Crippen molar-refractivity contribution >= 4 is 0 Å². The lowest BCUT2D eigenvalue weighted by Crippen LogP contribution is -2.28. The van der Waals surface area contributed by atoms with Gasteiger partial charge in [0.25, 0.3) is 0 Å². The van der Waals surface area contributed by atoms with Gasteiger partial charge in [0.15, 0.2) is 0 Å². The molecule has 1 aromatic heterocycles. The van der Waals surface area contributed by atoms with Crippen LogP contribution in [0.3, 0.4) is 0 Å². The molecule has 0 aliphatic rings. The van der Waals surface area contributed by atoms with Gasteiger partial charge in [-0.05, 0) is 18.3 Å². The fraction of sp³-hybridized carbons (Fsp3) is 0.727. The minimum Gasteiger partial charge on any atom is -0.275 e. The van der Waals surface area contributed by atoms with E-state index in [2.05, 4.69) is 31.3 Å². The SMILES string of the molecule is Cn1cc(C(CCC(C)(C)C)NN)cn1. The van der Waals surface area contributed by atoms with E-state index in [-0.39, 0.29) is 6.04 Å². The maximum absolute atomic E-state index is 5.56. The van der Waals surface area contributed by atoms with Gasteiger partial charge in [0.05, 0.1) is 6.20 Å². The predicted molar refractivity (Wildman–Crippen MR) is 62.0 cm³/mol. The Hall–Kier alpha value is -0.870. The van der Waals surface area contributed by atoms with Crippen LogP contribution in [0.1, 0.15) is 45.2 Å². The average Bonchev–Trinajstić information content (AvgIpc) is 2.51. The number of nitrogens with one attached hydrogen (secondary N) is 1. The second-order valence-corrected chi connectivity index (χ2v) is 5.27. The summed E-state index contributed by atoms with van der Waals surface area (Å²) in [4.78, 5) is 0. The third-order valence-corrected chi connectivity index (χ3v) is 2.51. The topological polar surface area (TPSA) is 55.9 Å². The van der Waals surface area contributed by atoms with Crippen molar-refractivity contribution in [1.29, 1.82) is 0 Å². The van der Waals surface area contributed by atoms with E-state index in [1.165, 1.54) is 0 Å². The lowest BCUT2D eigenvalue weighted by atomic mass is 9.88. The van der Waals surface area contributed by atoms with Crippen LogP contribution < -0.4 is 11.3 Å². The minimum absolute atomic E-state index is 0.206. The van der Waals surface area contributed by atoms with Crippen LogP contribution in [-0.4, -0.2) is 9.78 Å². The molecule has 1 unspecified atom stereocenters. The number of rotatable bonds is 4. The van der Waals surface area contributed by atoms with Gasteiger partial charge in [0.2, 0.25) is 0 Å². The van der Waals surface area contributed by atoms with Crippen LogP contribution in [0.15, 0.2) is 12.4 Å². The Morgan fingerprint density at radius 1 is 1.53 bits per heavy atom. The summed E-state index contributed by atoms with van der Waals surface area (Å²) in [5.74, 6) is 5.56.